The molecule has 1 rings (SSSR count). The minimum Gasteiger partial charge on any atom is -0.491 e. The van der Waals surface area contributed by atoms with Crippen molar-refractivity contribution in [2.75, 3.05) is 26.4 Å². The molecular weight excluding hydrogens is 258 g/mol. The average Bonchev–Trinajstić information content (AvgIpc) is 2.23. The molecule has 0 bridgehead atoms. The van der Waals surface area contributed by atoms with Crippen LogP contribution in [0.4, 0.5) is 0 Å². The molecule has 0 aliphatic carbocycles. The van der Waals surface area contributed by atoms with Crippen molar-refractivity contribution in [1.82, 2.24) is 0 Å². The molecule has 0 aliphatic rings. The van der Waals surface area contributed by atoms with Crippen molar-refractivity contribution in [3.8, 4) is 5.75 Å². The normalized spacial score (nSPS) is 10.3. The third kappa shape index (κ3) is 5.77. The van der Waals surface area contributed by atoms with Crippen LogP contribution in [0.15, 0.2) is 28.7 Å². The number of ether oxygens (including phenoxy) is 2. The van der Waals surface area contributed by atoms with E-state index in [1.165, 1.54) is 0 Å². The first kappa shape index (κ1) is 12.5. The van der Waals surface area contributed by atoms with Crippen LogP contribution in [-0.2, 0) is 4.74 Å². The van der Waals surface area contributed by atoms with Gasteiger partial charge in [0.2, 0.25) is 0 Å². The Morgan fingerprint density at radius 3 is 2.80 bits per heavy atom. The van der Waals surface area contributed by atoms with Gasteiger partial charge in [-0.15, -0.1) is 0 Å². The van der Waals surface area contributed by atoms with Crippen molar-refractivity contribution in [1.29, 1.82) is 0 Å². The molecule has 84 valence electrons. The second-order valence-electron chi connectivity index (χ2n) is 3.06. The lowest BCUT2D eigenvalue weighted by Crippen LogP contribution is -2.10. The zero-order chi connectivity index (χ0) is 10.9. The topological polar surface area (TPSA) is 44.5 Å². The molecular formula is C11H16BrNO2. The predicted octanol–water partition coefficient (Wildman–Crippen LogP) is 2.19. The highest BCUT2D eigenvalue weighted by Crippen LogP contribution is 2.17. The summed E-state index contributed by atoms with van der Waals surface area (Å²) in [6, 6.07) is 7.75. The smallest absolute Gasteiger partial charge is 0.120 e. The SMILES string of the molecule is NCCCOCCOc1cccc(Br)c1. The van der Waals surface area contributed by atoms with E-state index < -0.39 is 0 Å². The van der Waals surface area contributed by atoms with Crippen LogP contribution in [0.2, 0.25) is 0 Å². The molecule has 0 saturated heterocycles. The van der Waals surface area contributed by atoms with E-state index in [1.54, 1.807) is 0 Å². The summed E-state index contributed by atoms with van der Waals surface area (Å²) < 4.78 is 11.8. The van der Waals surface area contributed by atoms with Gasteiger partial charge in [-0.2, -0.15) is 0 Å². The lowest BCUT2D eigenvalue weighted by Gasteiger charge is -2.06. The molecule has 0 unspecified atom stereocenters. The molecule has 0 fully saturated rings. The number of hydrogen-bond donors (Lipinski definition) is 1. The highest BCUT2D eigenvalue weighted by atomic mass is 79.9. The molecule has 15 heavy (non-hydrogen) atoms. The van der Waals surface area contributed by atoms with Crippen molar-refractivity contribution in [2.45, 2.75) is 6.42 Å². The summed E-state index contributed by atoms with van der Waals surface area (Å²) >= 11 is 3.38. The largest absolute Gasteiger partial charge is 0.491 e. The number of hydrogen-bond acceptors (Lipinski definition) is 3. The second-order valence-corrected chi connectivity index (χ2v) is 3.98. The van der Waals surface area contributed by atoms with E-state index >= 15 is 0 Å². The predicted molar refractivity (Wildman–Crippen MR) is 64.1 cm³/mol. The highest BCUT2D eigenvalue weighted by Gasteiger charge is 1.94. The molecule has 1 aromatic rings. The number of halogens is 1. The van der Waals surface area contributed by atoms with Gasteiger partial charge in [0.05, 0.1) is 6.61 Å². The van der Waals surface area contributed by atoms with Crippen molar-refractivity contribution < 1.29 is 9.47 Å². The van der Waals surface area contributed by atoms with Gasteiger partial charge in [-0.25, -0.2) is 0 Å². The zero-order valence-corrected chi connectivity index (χ0v) is 10.2. The molecule has 0 aromatic heterocycles. The average molecular weight is 274 g/mol. The third-order valence-corrected chi connectivity index (χ3v) is 2.28. The van der Waals surface area contributed by atoms with E-state index in [0.717, 1.165) is 16.6 Å². The summed E-state index contributed by atoms with van der Waals surface area (Å²) in [6.07, 6.45) is 0.900. The Kier molecular flexibility index (Phi) is 6.39. The van der Waals surface area contributed by atoms with Crippen LogP contribution in [0.3, 0.4) is 0 Å². The van der Waals surface area contributed by atoms with Crippen LogP contribution in [0.5, 0.6) is 5.75 Å². The lowest BCUT2D eigenvalue weighted by atomic mass is 10.3. The van der Waals surface area contributed by atoms with Crippen LogP contribution in [-0.4, -0.2) is 26.4 Å². The van der Waals surface area contributed by atoms with E-state index in [4.69, 9.17) is 15.2 Å². The van der Waals surface area contributed by atoms with Gasteiger partial charge in [0.25, 0.3) is 0 Å². The zero-order valence-electron chi connectivity index (χ0n) is 8.62. The van der Waals surface area contributed by atoms with E-state index in [0.29, 0.717) is 26.4 Å². The Labute approximate surface area is 98.7 Å². The first-order valence-electron chi connectivity index (χ1n) is 4.99. The molecule has 1 aromatic carbocycles. The molecule has 0 radical (unpaired) electrons. The first-order chi connectivity index (χ1) is 7.33. The van der Waals surface area contributed by atoms with Gasteiger partial charge in [-0.1, -0.05) is 22.0 Å². The quantitative estimate of drug-likeness (QED) is 0.775. The van der Waals surface area contributed by atoms with Crippen LogP contribution in [0.25, 0.3) is 0 Å². The molecule has 0 atom stereocenters. The molecule has 2 N–H and O–H groups in total. The van der Waals surface area contributed by atoms with Crippen LogP contribution >= 0.6 is 15.9 Å². The summed E-state index contributed by atoms with van der Waals surface area (Å²) in [5.41, 5.74) is 5.33. The Hall–Kier alpha value is -0.580. The Bertz CT molecular complexity index is 281. The maximum atomic E-state index is 5.48. The maximum absolute atomic E-state index is 5.48. The van der Waals surface area contributed by atoms with E-state index in [2.05, 4.69) is 15.9 Å². The molecule has 0 aliphatic heterocycles. The van der Waals surface area contributed by atoms with Crippen molar-refractivity contribution in [2.24, 2.45) is 5.73 Å². The van der Waals surface area contributed by atoms with Gasteiger partial charge in [-0.05, 0) is 31.2 Å². The summed E-state index contributed by atoms with van der Waals surface area (Å²) in [5, 5.41) is 0. The minimum atomic E-state index is 0.570. The lowest BCUT2D eigenvalue weighted by molar-refractivity contribution is 0.0994. The Morgan fingerprint density at radius 1 is 1.20 bits per heavy atom. The Balaban J connectivity index is 2.10. The maximum Gasteiger partial charge on any atom is 0.120 e. The van der Waals surface area contributed by atoms with E-state index in [9.17, 15) is 0 Å². The van der Waals surface area contributed by atoms with Crippen molar-refractivity contribution in [3.63, 3.8) is 0 Å². The fourth-order valence-corrected chi connectivity index (χ4v) is 1.44. The fraction of sp³-hybridized carbons (Fsp3) is 0.455. The number of benzene rings is 1. The summed E-state index contributed by atoms with van der Waals surface area (Å²) in [6.45, 7) is 2.55. The molecule has 0 saturated carbocycles. The Morgan fingerprint density at radius 2 is 2.07 bits per heavy atom. The molecule has 4 heteroatoms. The fourth-order valence-electron chi connectivity index (χ4n) is 1.06. The van der Waals surface area contributed by atoms with Gasteiger partial charge in [-0.3, -0.25) is 0 Å². The summed E-state index contributed by atoms with van der Waals surface area (Å²) in [4.78, 5) is 0. The second kappa shape index (κ2) is 7.68. The van der Waals surface area contributed by atoms with E-state index in [-0.39, 0.29) is 0 Å². The van der Waals surface area contributed by atoms with Gasteiger partial charge < -0.3 is 15.2 Å². The van der Waals surface area contributed by atoms with Crippen molar-refractivity contribution >= 4 is 15.9 Å². The third-order valence-electron chi connectivity index (χ3n) is 1.79. The molecule has 0 spiro atoms. The number of rotatable bonds is 7. The minimum absolute atomic E-state index is 0.570. The van der Waals surface area contributed by atoms with Gasteiger partial charge in [0, 0.05) is 11.1 Å². The van der Waals surface area contributed by atoms with Crippen LogP contribution < -0.4 is 10.5 Å². The van der Waals surface area contributed by atoms with Crippen LogP contribution in [0, 0.1) is 0 Å². The van der Waals surface area contributed by atoms with Gasteiger partial charge in [0.1, 0.15) is 12.4 Å². The van der Waals surface area contributed by atoms with E-state index in [1.807, 2.05) is 24.3 Å². The van der Waals surface area contributed by atoms with Gasteiger partial charge >= 0.3 is 0 Å². The number of nitrogens with two attached hydrogens (primary N) is 1. The van der Waals surface area contributed by atoms with Crippen molar-refractivity contribution in [3.05, 3.63) is 28.7 Å². The molecule has 3 nitrogen and oxygen atoms in total. The summed E-state index contributed by atoms with van der Waals surface area (Å²) in [5.74, 6) is 0.854. The first-order valence-corrected chi connectivity index (χ1v) is 5.78. The van der Waals surface area contributed by atoms with Gasteiger partial charge in [0.15, 0.2) is 0 Å². The van der Waals surface area contributed by atoms with Crippen LogP contribution in [0.1, 0.15) is 6.42 Å². The summed E-state index contributed by atoms with van der Waals surface area (Å²) in [7, 11) is 0. The standard InChI is InChI=1S/C11H16BrNO2/c12-10-3-1-4-11(9-10)15-8-7-14-6-2-5-13/h1,3-4,9H,2,5-8,13H2. The molecule has 0 amide bonds. The molecule has 0 heterocycles. The monoisotopic (exact) mass is 273 g/mol. The highest BCUT2D eigenvalue weighted by molar-refractivity contribution is 9.10.